The molecule has 0 aliphatic carbocycles. The van der Waals surface area contributed by atoms with Gasteiger partial charge in [-0.3, -0.25) is 4.90 Å². The second kappa shape index (κ2) is 8.61. The van der Waals surface area contributed by atoms with Gasteiger partial charge in [-0.1, -0.05) is 0 Å². The second-order valence-corrected chi connectivity index (χ2v) is 6.41. The molecular formula is C18H24N6O2. The average molecular weight is 356 g/mol. The number of anilines is 1. The number of allylic oxidation sites excluding steroid dienone is 1. The molecule has 26 heavy (non-hydrogen) atoms. The first-order valence-corrected chi connectivity index (χ1v) is 8.84. The van der Waals surface area contributed by atoms with Crippen molar-refractivity contribution in [2.75, 3.05) is 64.4 Å². The molecule has 2 saturated heterocycles. The van der Waals surface area contributed by atoms with E-state index in [0.717, 1.165) is 64.1 Å². The van der Waals surface area contributed by atoms with Gasteiger partial charge < -0.3 is 24.3 Å². The van der Waals surface area contributed by atoms with Crippen molar-refractivity contribution < 1.29 is 9.15 Å². The van der Waals surface area contributed by atoms with Crippen molar-refractivity contribution in [2.45, 2.75) is 6.54 Å². The number of morpholine rings is 1. The number of rotatable bonds is 6. The monoisotopic (exact) mass is 356 g/mol. The molecule has 8 heteroatoms. The number of likely N-dealkylation sites (N-methyl/N-ethyl adjacent to an activating group) is 1. The molecule has 0 radical (unpaired) electrons. The van der Waals surface area contributed by atoms with Crippen LogP contribution in [-0.4, -0.2) is 69.3 Å². The summed E-state index contributed by atoms with van der Waals surface area (Å²) in [5.41, 5.74) is 0.135. The van der Waals surface area contributed by atoms with E-state index in [4.69, 9.17) is 19.7 Å². The highest BCUT2D eigenvalue weighted by molar-refractivity contribution is 5.40. The summed E-state index contributed by atoms with van der Waals surface area (Å²) < 4.78 is 11.3. The Morgan fingerprint density at radius 2 is 2.00 bits per heavy atom. The van der Waals surface area contributed by atoms with E-state index in [0.29, 0.717) is 12.4 Å². The van der Waals surface area contributed by atoms with Gasteiger partial charge in [-0.2, -0.15) is 10.5 Å². The van der Waals surface area contributed by atoms with Gasteiger partial charge in [0, 0.05) is 52.4 Å². The lowest BCUT2D eigenvalue weighted by Crippen LogP contribution is -2.35. The van der Waals surface area contributed by atoms with Gasteiger partial charge in [0.1, 0.15) is 23.7 Å². The van der Waals surface area contributed by atoms with Gasteiger partial charge in [0.25, 0.3) is 0 Å². The lowest BCUT2D eigenvalue weighted by molar-refractivity contribution is 0.0314. The summed E-state index contributed by atoms with van der Waals surface area (Å²) in [6.45, 7) is 7.21. The molecule has 0 atom stereocenters. The molecule has 8 nitrogen and oxygen atoms in total. The summed E-state index contributed by atoms with van der Waals surface area (Å²) in [6, 6.07) is 7.92. The predicted octanol–water partition coefficient (Wildman–Crippen LogP) is 0.712. The van der Waals surface area contributed by atoms with E-state index < -0.39 is 0 Å². The summed E-state index contributed by atoms with van der Waals surface area (Å²) in [4.78, 5) is 6.41. The van der Waals surface area contributed by atoms with Gasteiger partial charge in [0.15, 0.2) is 11.5 Å². The Labute approximate surface area is 153 Å². The summed E-state index contributed by atoms with van der Waals surface area (Å²) in [5.74, 6) is 2.41. The molecule has 2 aliphatic rings. The molecule has 2 aliphatic heterocycles. The quantitative estimate of drug-likeness (QED) is 0.745. The van der Waals surface area contributed by atoms with Crippen LogP contribution in [0, 0.1) is 22.7 Å². The minimum atomic E-state index is 0.135. The van der Waals surface area contributed by atoms with E-state index in [9.17, 15) is 0 Å². The third-order valence-corrected chi connectivity index (χ3v) is 4.66. The summed E-state index contributed by atoms with van der Waals surface area (Å²) in [6.07, 6.45) is 0. The number of nitriles is 2. The van der Waals surface area contributed by atoms with E-state index in [1.54, 1.807) is 0 Å². The molecule has 3 rings (SSSR count). The van der Waals surface area contributed by atoms with Gasteiger partial charge in [-0.15, -0.1) is 0 Å². The van der Waals surface area contributed by atoms with Crippen molar-refractivity contribution in [2.24, 2.45) is 0 Å². The molecule has 1 aromatic rings. The number of hydrogen-bond acceptors (Lipinski definition) is 8. The summed E-state index contributed by atoms with van der Waals surface area (Å²) in [7, 11) is 1.99. The topological polar surface area (TPSA) is 91.7 Å². The van der Waals surface area contributed by atoms with Crippen LogP contribution in [-0.2, 0) is 11.3 Å². The highest BCUT2D eigenvalue weighted by Gasteiger charge is 2.21. The number of hydrogen-bond donors (Lipinski definition) is 1. The molecule has 1 aromatic heterocycles. The first-order valence-electron chi connectivity index (χ1n) is 8.84. The molecule has 0 amide bonds. The minimum Gasteiger partial charge on any atom is -0.444 e. The van der Waals surface area contributed by atoms with Crippen molar-refractivity contribution >= 4 is 5.88 Å². The first-order chi connectivity index (χ1) is 12.7. The third-order valence-electron chi connectivity index (χ3n) is 4.66. The summed E-state index contributed by atoms with van der Waals surface area (Å²) in [5, 5.41) is 21.3. The van der Waals surface area contributed by atoms with Crippen LogP contribution >= 0.6 is 0 Å². The van der Waals surface area contributed by atoms with E-state index in [1.807, 2.05) is 36.2 Å². The van der Waals surface area contributed by atoms with E-state index >= 15 is 0 Å². The highest BCUT2D eigenvalue weighted by Crippen LogP contribution is 2.20. The fraction of sp³-hybridized carbons (Fsp3) is 0.556. The van der Waals surface area contributed by atoms with E-state index in [2.05, 4.69) is 15.1 Å². The molecule has 1 N–H and O–H groups in total. The number of ether oxygens (including phenoxy) is 1. The zero-order chi connectivity index (χ0) is 18.4. The Kier molecular flexibility index (Phi) is 6.00. The Morgan fingerprint density at radius 3 is 2.73 bits per heavy atom. The van der Waals surface area contributed by atoms with Crippen molar-refractivity contribution in [3.05, 3.63) is 29.3 Å². The van der Waals surface area contributed by atoms with Gasteiger partial charge in [-0.05, 0) is 6.07 Å². The van der Waals surface area contributed by atoms with Gasteiger partial charge in [0.2, 0.25) is 0 Å². The fourth-order valence-corrected chi connectivity index (χ4v) is 3.15. The molecule has 0 saturated carbocycles. The summed E-state index contributed by atoms with van der Waals surface area (Å²) >= 11 is 0. The fourth-order valence-electron chi connectivity index (χ4n) is 3.15. The molecule has 2 fully saturated rings. The zero-order valence-electron chi connectivity index (χ0n) is 15.1. The maximum Gasteiger partial charge on any atom is 0.195 e. The second-order valence-electron chi connectivity index (χ2n) is 6.41. The lowest BCUT2D eigenvalue weighted by atomic mass is 10.3. The number of nitrogens with one attached hydrogen (secondary N) is 1. The lowest BCUT2D eigenvalue weighted by Gasteiger charge is -2.25. The van der Waals surface area contributed by atoms with Crippen LogP contribution in [0.15, 0.2) is 27.9 Å². The predicted molar refractivity (Wildman–Crippen MR) is 95.9 cm³/mol. The maximum atomic E-state index is 9.06. The van der Waals surface area contributed by atoms with Crippen LogP contribution in [0.5, 0.6) is 0 Å². The first kappa shape index (κ1) is 18.1. The highest BCUT2D eigenvalue weighted by atomic mass is 16.5. The number of furan rings is 1. The Morgan fingerprint density at radius 1 is 1.23 bits per heavy atom. The van der Waals surface area contributed by atoms with Gasteiger partial charge >= 0.3 is 0 Å². The van der Waals surface area contributed by atoms with Crippen LogP contribution in [0.4, 0.5) is 5.88 Å². The van der Waals surface area contributed by atoms with Crippen LogP contribution < -0.4 is 10.2 Å². The average Bonchev–Trinajstić information content (AvgIpc) is 3.32. The number of nitrogens with zero attached hydrogens (tertiary/aromatic N) is 5. The standard InChI is InChI=1S/C18H24N6O2/c1-22(6-7-24-5-4-21-18(24)15(12-19)13-20)17-3-2-16(26-17)14-23-8-10-25-11-9-23/h2-3,21H,4-11,14H2,1H3. The van der Waals surface area contributed by atoms with Crippen LogP contribution in [0.3, 0.4) is 0 Å². The van der Waals surface area contributed by atoms with Crippen LogP contribution in [0.1, 0.15) is 5.76 Å². The van der Waals surface area contributed by atoms with E-state index in [-0.39, 0.29) is 5.57 Å². The van der Waals surface area contributed by atoms with Gasteiger partial charge in [-0.25, -0.2) is 0 Å². The van der Waals surface area contributed by atoms with Crippen molar-refractivity contribution in [1.29, 1.82) is 10.5 Å². The van der Waals surface area contributed by atoms with Crippen molar-refractivity contribution in [3.63, 3.8) is 0 Å². The molecule has 0 spiro atoms. The van der Waals surface area contributed by atoms with Crippen LogP contribution in [0.25, 0.3) is 0 Å². The molecule has 0 bridgehead atoms. The Bertz CT molecular complexity index is 707. The Balaban J connectivity index is 1.54. The third kappa shape index (κ3) is 4.29. The van der Waals surface area contributed by atoms with Gasteiger partial charge in [0.05, 0.1) is 19.8 Å². The van der Waals surface area contributed by atoms with Crippen molar-refractivity contribution in [1.82, 2.24) is 15.1 Å². The van der Waals surface area contributed by atoms with E-state index in [1.165, 1.54) is 0 Å². The largest absolute Gasteiger partial charge is 0.444 e. The molecule has 0 aromatic carbocycles. The molecular weight excluding hydrogens is 332 g/mol. The normalized spacial score (nSPS) is 17.5. The minimum absolute atomic E-state index is 0.135. The molecule has 138 valence electrons. The van der Waals surface area contributed by atoms with Crippen molar-refractivity contribution in [3.8, 4) is 12.1 Å². The zero-order valence-corrected chi connectivity index (χ0v) is 15.1. The van der Waals surface area contributed by atoms with Crippen LogP contribution in [0.2, 0.25) is 0 Å². The maximum absolute atomic E-state index is 9.06. The molecule has 3 heterocycles. The molecule has 0 unspecified atom stereocenters. The Hall–Kier alpha value is -2.68. The SMILES string of the molecule is CN(CCN1CCNC1=C(C#N)C#N)c1ccc(CN2CCOCC2)o1. The smallest absolute Gasteiger partial charge is 0.195 e.